The van der Waals surface area contributed by atoms with Crippen LogP contribution in [0.2, 0.25) is 0 Å². The average molecular weight is 501 g/mol. The monoisotopic (exact) mass is 501 g/mol. The number of esters is 2. The third kappa shape index (κ3) is 7.62. The summed E-state index contributed by atoms with van der Waals surface area (Å²) in [7, 11) is -3.62. The Labute approximate surface area is 196 Å². The van der Waals surface area contributed by atoms with Crippen molar-refractivity contribution in [2.45, 2.75) is 59.4 Å². The maximum Gasteiger partial charge on any atom is 0.323 e. The Hall–Kier alpha value is -2.80. The van der Waals surface area contributed by atoms with Crippen LogP contribution < -0.4 is 21.5 Å². The number of hydrogen-bond donors (Lipinski definition) is 4. The molecule has 0 saturated heterocycles. The molecule has 190 valence electrons. The number of aromatic amines is 1. The number of rotatable bonds is 13. The highest BCUT2D eigenvalue weighted by molar-refractivity contribution is 7.59. The maximum absolute atomic E-state index is 13.5. The van der Waals surface area contributed by atoms with Crippen LogP contribution in [0, 0.1) is 0 Å². The molecule has 0 aliphatic heterocycles. The molecule has 0 bridgehead atoms. The van der Waals surface area contributed by atoms with Gasteiger partial charge in [-0.05, 0) is 34.6 Å². The summed E-state index contributed by atoms with van der Waals surface area (Å²) >= 11 is 0. The van der Waals surface area contributed by atoms with Crippen LogP contribution in [0.5, 0.6) is 0 Å². The number of nitrogen functional groups attached to an aromatic ring is 1. The summed E-state index contributed by atoms with van der Waals surface area (Å²) in [4.78, 5) is 46.6. The van der Waals surface area contributed by atoms with Gasteiger partial charge < -0.3 is 24.5 Å². The molecular formula is C19H32N7O7P. The van der Waals surface area contributed by atoms with E-state index in [1.165, 1.54) is 20.2 Å². The lowest BCUT2D eigenvalue weighted by Gasteiger charge is -2.26. The number of nitrogens with zero attached hydrogens (tertiary/aromatic N) is 3. The SMILES string of the molecule is CCOC(=O)[C@@H](C)NP(=O)(COCCn1cnc2c(=O)[nH]c(N)nc21)N[C@@H](C)C(=O)OC(C)C. The topological polar surface area (TPSA) is 193 Å². The Morgan fingerprint density at radius 3 is 2.47 bits per heavy atom. The summed E-state index contributed by atoms with van der Waals surface area (Å²) in [6.07, 6.45) is 0.718. The standard InChI is InChI=1S/C19H32N7O7P/c1-6-32-17(28)12(4)24-34(30,25-13(5)18(29)33-11(2)3)10-31-8-7-26-9-21-14-15(26)22-19(20)23-16(14)27/h9,11-13H,6-8,10H2,1-5H3,(H2,24,25,30)(H3,20,22,23,27)/t12-,13+,34?/m1/s1. The van der Waals surface area contributed by atoms with Crippen molar-refractivity contribution in [3.05, 3.63) is 16.7 Å². The van der Waals surface area contributed by atoms with Gasteiger partial charge in [-0.15, -0.1) is 0 Å². The van der Waals surface area contributed by atoms with Gasteiger partial charge in [0.25, 0.3) is 5.56 Å². The number of aromatic nitrogens is 4. The number of carbonyl (C=O) groups excluding carboxylic acids is 2. The molecule has 2 rings (SSSR count). The first kappa shape index (κ1) is 27.4. The fraction of sp³-hybridized carbons (Fsp3) is 0.632. The minimum absolute atomic E-state index is 0.0479. The van der Waals surface area contributed by atoms with Gasteiger partial charge in [-0.25, -0.2) is 15.2 Å². The van der Waals surface area contributed by atoms with Gasteiger partial charge >= 0.3 is 11.9 Å². The predicted molar refractivity (Wildman–Crippen MR) is 124 cm³/mol. The molecule has 2 aromatic rings. The first-order valence-corrected chi connectivity index (χ1v) is 12.6. The van der Waals surface area contributed by atoms with E-state index >= 15 is 0 Å². The van der Waals surface area contributed by atoms with Crippen molar-refractivity contribution in [3.63, 3.8) is 0 Å². The highest BCUT2D eigenvalue weighted by Crippen LogP contribution is 2.37. The maximum atomic E-state index is 13.5. The van der Waals surface area contributed by atoms with Gasteiger partial charge in [0.2, 0.25) is 13.4 Å². The van der Waals surface area contributed by atoms with Crippen LogP contribution in [0.25, 0.3) is 11.2 Å². The van der Waals surface area contributed by atoms with Crippen LogP contribution in [0.1, 0.15) is 34.6 Å². The van der Waals surface area contributed by atoms with Gasteiger partial charge in [-0.2, -0.15) is 4.98 Å². The van der Waals surface area contributed by atoms with Crippen molar-refractivity contribution in [1.29, 1.82) is 0 Å². The number of H-pyrrole nitrogens is 1. The Balaban J connectivity index is 2.07. The molecule has 0 aromatic carbocycles. The summed E-state index contributed by atoms with van der Waals surface area (Å²) < 4.78 is 30.8. The number of hydrogen-bond acceptors (Lipinski definition) is 10. The molecular weight excluding hydrogens is 469 g/mol. The van der Waals surface area contributed by atoms with Crippen LogP contribution in [0.3, 0.4) is 0 Å². The molecule has 2 aromatic heterocycles. The van der Waals surface area contributed by atoms with E-state index in [1.54, 1.807) is 25.3 Å². The zero-order valence-electron chi connectivity index (χ0n) is 19.9. The van der Waals surface area contributed by atoms with E-state index in [0.29, 0.717) is 0 Å². The second kappa shape index (κ2) is 12.1. The Kier molecular flexibility index (Phi) is 9.74. The van der Waals surface area contributed by atoms with E-state index in [1.807, 2.05) is 0 Å². The molecule has 2 heterocycles. The van der Waals surface area contributed by atoms with Crippen LogP contribution in [0.4, 0.5) is 5.95 Å². The van der Waals surface area contributed by atoms with Crippen LogP contribution in [0.15, 0.2) is 11.1 Å². The van der Waals surface area contributed by atoms with Crippen molar-refractivity contribution >= 4 is 36.5 Å². The number of carbonyl (C=O) groups is 2. The summed E-state index contributed by atoms with van der Waals surface area (Å²) in [5.41, 5.74) is 5.54. The average Bonchev–Trinajstić information content (AvgIpc) is 3.13. The lowest BCUT2D eigenvalue weighted by molar-refractivity contribution is -0.149. The number of imidazole rings is 1. The predicted octanol–water partition coefficient (Wildman–Crippen LogP) is 0.340. The molecule has 0 aliphatic carbocycles. The zero-order valence-corrected chi connectivity index (χ0v) is 20.8. The van der Waals surface area contributed by atoms with Crippen molar-refractivity contribution < 1.29 is 28.4 Å². The molecule has 3 atom stereocenters. The molecule has 0 radical (unpaired) electrons. The number of nitrogens with two attached hydrogens (primary N) is 1. The summed E-state index contributed by atoms with van der Waals surface area (Å²) in [5.74, 6) is -1.24. The molecule has 0 fully saturated rings. The van der Waals surface area contributed by atoms with Gasteiger partial charge in [0.05, 0.1) is 25.6 Å². The fourth-order valence-corrected chi connectivity index (χ4v) is 5.01. The Bertz CT molecular complexity index is 1100. The van der Waals surface area contributed by atoms with E-state index in [2.05, 4.69) is 25.1 Å². The van der Waals surface area contributed by atoms with E-state index in [0.717, 1.165) is 0 Å². The van der Waals surface area contributed by atoms with Crippen molar-refractivity contribution in [2.24, 2.45) is 0 Å². The van der Waals surface area contributed by atoms with E-state index in [4.69, 9.17) is 19.9 Å². The quantitative estimate of drug-likeness (QED) is 0.167. The van der Waals surface area contributed by atoms with Crippen molar-refractivity contribution in [3.8, 4) is 0 Å². The lowest BCUT2D eigenvalue weighted by Crippen LogP contribution is -2.43. The normalized spacial score (nSPS) is 15.1. The summed E-state index contributed by atoms with van der Waals surface area (Å²) in [6, 6.07) is -1.86. The number of fused-ring (bicyclic) bond motifs is 1. The van der Waals surface area contributed by atoms with Gasteiger partial charge in [-0.3, -0.25) is 23.9 Å². The molecule has 0 amide bonds. The van der Waals surface area contributed by atoms with Crippen LogP contribution >= 0.6 is 7.44 Å². The number of nitrogens with one attached hydrogen (secondary N) is 3. The Morgan fingerprint density at radius 2 is 1.85 bits per heavy atom. The zero-order chi connectivity index (χ0) is 25.5. The summed E-state index contributed by atoms with van der Waals surface area (Å²) in [6.45, 7) is 8.50. The number of ether oxygens (including phenoxy) is 3. The molecule has 34 heavy (non-hydrogen) atoms. The smallest absolute Gasteiger partial charge is 0.323 e. The van der Waals surface area contributed by atoms with Crippen LogP contribution in [-0.2, 0) is 34.9 Å². The van der Waals surface area contributed by atoms with Gasteiger partial charge in [-0.1, -0.05) is 0 Å². The highest BCUT2D eigenvalue weighted by Gasteiger charge is 2.32. The minimum atomic E-state index is -3.62. The molecule has 0 aliphatic rings. The molecule has 0 spiro atoms. The Morgan fingerprint density at radius 1 is 1.21 bits per heavy atom. The van der Waals surface area contributed by atoms with Gasteiger partial charge in [0.15, 0.2) is 11.2 Å². The third-order valence-corrected chi connectivity index (χ3v) is 6.55. The first-order valence-electron chi connectivity index (χ1n) is 10.8. The van der Waals surface area contributed by atoms with Crippen molar-refractivity contribution in [2.75, 3.05) is 25.3 Å². The van der Waals surface area contributed by atoms with Crippen LogP contribution in [-0.4, -0.2) is 69.2 Å². The van der Waals surface area contributed by atoms with Gasteiger partial charge in [0, 0.05) is 6.54 Å². The minimum Gasteiger partial charge on any atom is -0.465 e. The van der Waals surface area contributed by atoms with Gasteiger partial charge in [0.1, 0.15) is 18.4 Å². The first-order chi connectivity index (χ1) is 16.0. The molecule has 15 heteroatoms. The number of anilines is 1. The third-order valence-electron chi connectivity index (χ3n) is 4.39. The van der Waals surface area contributed by atoms with E-state index in [-0.39, 0.29) is 49.3 Å². The molecule has 5 N–H and O–H groups in total. The lowest BCUT2D eigenvalue weighted by atomic mass is 10.4. The second-order valence-corrected chi connectivity index (χ2v) is 10.0. The molecule has 14 nitrogen and oxygen atoms in total. The van der Waals surface area contributed by atoms with E-state index < -0.39 is 37.0 Å². The molecule has 0 saturated carbocycles. The largest absolute Gasteiger partial charge is 0.465 e. The van der Waals surface area contributed by atoms with Crippen molar-refractivity contribution in [1.82, 2.24) is 29.7 Å². The molecule has 1 unspecified atom stereocenters. The fourth-order valence-electron chi connectivity index (χ4n) is 2.93. The summed E-state index contributed by atoms with van der Waals surface area (Å²) in [5, 5.41) is 5.41. The van der Waals surface area contributed by atoms with E-state index in [9.17, 15) is 18.9 Å². The second-order valence-electron chi connectivity index (χ2n) is 7.78. The highest BCUT2D eigenvalue weighted by atomic mass is 31.2.